The molecule has 0 atom stereocenters. The summed E-state index contributed by atoms with van der Waals surface area (Å²) in [6, 6.07) is 18.1. The highest BCUT2D eigenvalue weighted by molar-refractivity contribution is 6.25. The molecule has 0 unspecified atom stereocenters. The van der Waals surface area contributed by atoms with E-state index in [1.54, 1.807) is 0 Å². The fourth-order valence-electron chi connectivity index (χ4n) is 5.38. The van der Waals surface area contributed by atoms with Crippen LogP contribution in [-0.4, -0.2) is 4.40 Å². The normalized spacial score (nSPS) is 13.4. The second-order valence-electron chi connectivity index (χ2n) is 10.0. The monoisotopic (exact) mass is 392 g/mol. The van der Waals surface area contributed by atoms with Gasteiger partial charge in [-0.25, -0.2) is 4.57 Å². The van der Waals surface area contributed by atoms with Gasteiger partial charge >= 0.3 is 0 Å². The molecule has 6 aromatic rings. The van der Waals surface area contributed by atoms with Crippen molar-refractivity contribution in [2.24, 2.45) is 12.5 Å². The van der Waals surface area contributed by atoms with Crippen molar-refractivity contribution in [2.75, 3.05) is 0 Å². The van der Waals surface area contributed by atoms with Crippen molar-refractivity contribution in [3.63, 3.8) is 0 Å². The lowest BCUT2D eigenvalue weighted by Crippen LogP contribution is -2.29. The van der Waals surface area contributed by atoms with Crippen molar-refractivity contribution in [3.05, 3.63) is 71.9 Å². The molecule has 0 amide bonds. The Kier molecular flexibility index (Phi) is 3.18. The molecular formula is C28H27N2+. The minimum absolute atomic E-state index is 0.217. The molecule has 0 saturated carbocycles. The molecule has 2 nitrogen and oxygen atoms in total. The zero-order chi connectivity index (χ0) is 21.7. The highest BCUT2D eigenvalue weighted by atomic mass is 15.0. The minimum atomic E-state index is 0.217. The number of rotatable bonds is 1. The number of aromatic nitrogens is 2. The lowest BCUT2D eigenvalue weighted by molar-refractivity contribution is -0.643. The Balaban J connectivity index is 1.98. The van der Waals surface area contributed by atoms with Crippen LogP contribution in [0.4, 0.5) is 0 Å². The standard InChI is InChI=1S/C28H27N2/c1-17-10-11-21-20-8-6-7-9-22(20)30-23-15-18(16-28(2,3)4)14-19-12-13-29(5)27(25(19)23)24(17)26(21)30/h6-15H,16H2,1-5H3/q+1/i7D. The molecule has 0 bridgehead atoms. The van der Waals surface area contributed by atoms with Crippen molar-refractivity contribution in [3.8, 4) is 0 Å². The van der Waals surface area contributed by atoms with Crippen molar-refractivity contribution < 1.29 is 5.94 Å². The van der Waals surface area contributed by atoms with Crippen LogP contribution in [0.25, 0.3) is 49.0 Å². The lowest BCUT2D eigenvalue weighted by atomic mass is 9.87. The molecule has 3 aromatic carbocycles. The Labute approximate surface area is 178 Å². The highest BCUT2D eigenvalue weighted by Crippen LogP contribution is 2.41. The topological polar surface area (TPSA) is 8.29 Å². The van der Waals surface area contributed by atoms with Crippen LogP contribution in [0.3, 0.4) is 0 Å². The maximum atomic E-state index is 8.30. The van der Waals surface area contributed by atoms with Gasteiger partial charge < -0.3 is 4.40 Å². The second-order valence-corrected chi connectivity index (χ2v) is 10.0. The van der Waals surface area contributed by atoms with Crippen LogP contribution in [0.15, 0.2) is 60.8 Å². The van der Waals surface area contributed by atoms with E-state index < -0.39 is 0 Å². The summed E-state index contributed by atoms with van der Waals surface area (Å²) in [6.45, 7) is 9.11. The SMILES string of the molecule is [2H]c1ccc2c3ccc(C)c4c3n(c2c1)c1cc(CC(C)(C)C)cc2cc[n+](C)c4c21. The van der Waals surface area contributed by atoms with E-state index in [9.17, 15) is 0 Å². The molecule has 3 heterocycles. The first-order valence-corrected chi connectivity index (χ1v) is 10.7. The predicted octanol–water partition coefficient (Wildman–Crippen LogP) is 6.71. The number of para-hydroxylation sites is 1. The van der Waals surface area contributed by atoms with Gasteiger partial charge in [0.2, 0.25) is 5.52 Å². The van der Waals surface area contributed by atoms with Gasteiger partial charge in [-0.15, -0.1) is 0 Å². The third-order valence-electron chi connectivity index (χ3n) is 6.47. The molecule has 0 aliphatic heterocycles. The van der Waals surface area contributed by atoms with Crippen LogP contribution >= 0.6 is 0 Å². The Bertz CT molecular complexity index is 1660. The summed E-state index contributed by atoms with van der Waals surface area (Å²) in [7, 11) is 2.15. The van der Waals surface area contributed by atoms with E-state index in [1.165, 1.54) is 54.6 Å². The summed E-state index contributed by atoms with van der Waals surface area (Å²) in [4.78, 5) is 0. The largest absolute Gasteiger partial charge is 0.307 e. The van der Waals surface area contributed by atoms with Gasteiger partial charge in [-0.2, -0.15) is 0 Å². The summed E-state index contributed by atoms with van der Waals surface area (Å²) in [5.74, 6) is 0. The molecule has 0 radical (unpaired) electrons. The van der Waals surface area contributed by atoms with Gasteiger partial charge in [0.05, 0.1) is 28.7 Å². The Morgan fingerprint density at radius 2 is 1.80 bits per heavy atom. The quantitative estimate of drug-likeness (QED) is 0.167. The van der Waals surface area contributed by atoms with Crippen LogP contribution in [0.1, 0.15) is 33.3 Å². The summed E-state index contributed by atoms with van der Waals surface area (Å²) in [5, 5.41) is 6.38. The van der Waals surface area contributed by atoms with Gasteiger partial charge in [-0.3, -0.25) is 0 Å². The molecule has 6 rings (SSSR count). The first kappa shape index (κ1) is 16.6. The molecule has 2 heteroatoms. The average molecular weight is 393 g/mol. The third kappa shape index (κ3) is 2.28. The maximum Gasteiger partial charge on any atom is 0.224 e. The molecule has 0 saturated heterocycles. The molecule has 148 valence electrons. The number of pyridine rings is 2. The zero-order valence-corrected chi connectivity index (χ0v) is 18.3. The number of benzene rings is 3. The first-order chi connectivity index (χ1) is 14.7. The molecule has 0 N–H and O–H groups in total. The second kappa shape index (κ2) is 5.72. The van der Waals surface area contributed by atoms with E-state index in [2.05, 4.69) is 86.3 Å². The van der Waals surface area contributed by atoms with Gasteiger partial charge in [0.25, 0.3) is 0 Å². The van der Waals surface area contributed by atoms with E-state index in [0.29, 0.717) is 6.04 Å². The summed E-state index contributed by atoms with van der Waals surface area (Å²) < 4.78 is 13.0. The summed E-state index contributed by atoms with van der Waals surface area (Å²) in [6.07, 6.45) is 3.22. The Morgan fingerprint density at radius 1 is 0.967 bits per heavy atom. The fourth-order valence-corrected chi connectivity index (χ4v) is 5.38. The highest BCUT2D eigenvalue weighted by Gasteiger charge is 2.24. The molecule has 0 fully saturated rings. The van der Waals surface area contributed by atoms with Crippen LogP contribution in [0, 0.1) is 12.3 Å². The molecule has 0 spiro atoms. The number of fused-ring (bicyclic) bond motifs is 5. The van der Waals surface area contributed by atoms with Crippen LogP contribution < -0.4 is 4.57 Å². The van der Waals surface area contributed by atoms with Crippen molar-refractivity contribution in [1.82, 2.24) is 4.40 Å². The number of aryl methyl sites for hydroxylation is 2. The maximum absolute atomic E-state index is 8.30. The van der Waals surface area contributed by atoms with E-state index in [0.717, 1.165) is 11.9 Å². The van der Waals surface area contributed by atoms with E-state index in [1.807, 2.05) is 12.1 Å². The number of nitrogens with zero attached hydrogens (tertiary/aromatic N) is 2. The molecular weight excluding hydrogens is 364 g/mol. The number of hydrogen-bond donors (Lipinski definition) is 0. The molecule has 0 aliphatic rings. The smallest absolute Gasteiger partial charge is 0.224 e. The first-order valence-electron chi connectivity index (χ1n) is 11.2. The number of hydrogen-bond acceptors (Lipinski definition) is 0. The Hall–Kier alpha value is -3.13. The minimum Gasteiger partial charge on any atom is -0.307 e. The summed E-state index contributed by atoms with van der Waals surface area (Å²) >= 11 is 0. The van der Waals surface area contributed by atoms with Gasteiger partial charge in [0.1, 0.15) is 7.05 Å². The Morgan fingerprint density at radius 3 is 2.60 bits per heavy atom. The van der Waals surface area contributed by atoms with Crippen molar-refractivity contribution in [1.29, 1.82) is 0 Å². The molecule has 30 heavy (non-hydrogen) atoms. The van der Waals surface area contributed by atoms with Crippen LogP contribution in [0.2, 0.25) is 0 Å². The zero-order valence-electron chi connectivity index (χ0n) is 19.3. The van der Waals surface area contributed by atoms with Gasteiger partial charge in [-0.1, -0.05) is 57.1 Å². The van der Waals surface area contributed by atoms with E-state index in [4.69, 9.17) is 1.37 Å². The molecule has 3 aromatic heterocycles. The van der Waals surface area contributed by atoms with Crippen LogP contribution in [-0.2, 0) is 13.5 Å². The average Bonchev–Trinajstić information content (AvgIpc) is 3.01. The van der Waals surface area contributed by atoms with Crippen molar-refractivity contribution in [2.45, 2.75) is 34.1 Å². The van der Waals surface area contributed by atoms with Gasteiger partial charge in [-0.05, 0) is 47.4 Å². The molecule has 0 aliphatic carbocycles. The predicted molar refractivity (Wildman–Crippen MR) is 128 cm³/mol. The van der Waals surface area contributed by atoms with Crippen molar-refractivity contribution >= 4 is 49.0 Å². The summed E-state index contributed by atoms with van der Waals surface area (Å²) in [5.41, 5.74) is 7.79. The lowest BCUT2D eigenvalue weighted by Gasteiger charge is -2.20. The van der Waals surface area contributed by atoms with E-state index >= 15 is 0 Å². The van der Waals surface area contributed by atoms with Gasteiger partial charge in [0, 0.05) is 16.8 Å². The van der Waals surface area contributed by atoms with E-state index in [-0.39, 0.29) is 5.41 Å². The fraction of sp³-hybridized carbons (Fsp3) is 0.250. The van der Waals surface area contributed by atoms with Gasteiger partial charge in [0.15, 0.2) is 6.20 Å². The van der Waals surface area contributed by atoms with Crippen LogP contribution in [0.5, 0.6) is 0 Å². The third-order valence-corrected chi connectivity index (χ3v) is 6.47.